The molecule has 1 aromatic rings. The average Bonchev–Trinajstić information content (AvgIpc) is 2.67. The van der Waals surface area contributed by atoms with Gasteiger partial charge >= 0.3 is 0 Å². The second-order valence-corrected chi connectivity index (χ2v) is 6.45. The molecule has 1 heterocycles. The van der Waals surface area contributed by atoms with Crippen LogP contribution in [-0.4, -0.2) is 11.5 Å². The van der Waals surface area contributed by atoms with Crippen LogP contribution in [0.5, 0.6) is 0 Å². The van der Waals surface area contributed by atoms with E-state index in [-0.39, 0.29) is 0 Å². The molecule has 2 aliphatic rings. The van der Waals surface area contributed by atoms with E-state index < -0.39 is 0 Å². The molecule has 1 atom stereocenters. The van der Waals surface area contributed by atoms with Crippen molar-refractivity contribution in [3.05, 3.63) is 15.6 Å². The predicted octanol–water partition coefficient (Wildman–Crippen LogP) is 3.79. The van der Waals surface area contributed by atoms with Crippen LogP contribution in [0.3, 0.4) is 0 Å². The van der Waals surface area contributed by atoms with Crippen molar-refractivity contribution in [1.29, 1.82) is 0 Å². The summed E-state index contributed by atoms with van der Waals surface area (Å²) in [5.41, 5.74) is 1.41. The van der Waals surface area contributed by atoms with Gasteiger partial charge in [0.25, 0.3) is 0 Å². The van der Waals surface area contributed by atoms with E-state index in [0.717, 1.165) is 12.5 Å². The number of aromatic nitrogens is 1. The zero-order chi connectivity index (χ0) is 11.7. The molecule has 0 spiro atoms. The Morgan fingerprint density at radius 3 is 2.88 bits per heavy atom. The number of fused-ring (bicyclic) bond motifs is 1. The van der Waals surface area contributed by atoms with Crippen molar-refractivity contribution in [3.8, 4) is 0 Å². The highest BCUT2D eigenvalue weighted by Crippen LogP contribution is 2.42. The molecule has 3 rings (SSSR count). The third-order valence-electron chi connectivity index (χ3n) is 4.06. The van der Waals surface area contributed by atoms with Crippen LogP contribution in [0.25, 0.3) is 0 Å². The van der Waals surface area contributed by atoms with Gasteiger partial charge in [0.15, 0.2) is 0 Å². The standard InChI is InChI=1S/C14H22N2S/c1-2-9-15-11-7-4-8-12-13(11)17-14(16-12)10-5-3-6-10/h10-11,15H,2-9H2,1H3. The minimum absolute atomic E-state index is 0.602. The Labute approximate surface area is 108 Å². The molecule has 0 amide bonds. The van der Waals surface area contributed by atoms with E-state index in [2.05, 4.69) is 12.2 Å². The highest BCUT2D eigenvalue weighted by atomic mass is 32.1. The monoisotopic (exact) mass is 250 g/mol. The molecular weight excluding hydrogens is 228 g/mol. The van der Waals surface area contributed by atoms with E-state index in [9.17, 15) is 0 Å². The molecule has 0 aliphatic heterocycles. The van der Waals surface area contributed by atoms with Gasteiger partial charge in [0.05, 0.1) is 10.7 Å². The quantitative estimate of drug-likeness (QED) is 0.879. The SMILES string of the molecule is CCCNC1CCCc2nc(C3CCC3)sc21. The molecule has 1 aromatic heterocycles. The first-order valence-electron chi connectivity index (χ1n) is 7.11. The Bertz CT molecular complexity index is 382. The lowest BCUT2D eigenvalue weighted by atomic mass is 9.86. The lowest BCUT2D eigenvalue weighted by Crippen LogP contribution is -2.24. The maximum atomic E-state index is 4.91. The Morgan fingerprint density at radius 1 is 1.29 bits per heavy atom. The van der Waals surface area contributed by atoms with E-state index in [1.165, 1.54) is 55.6 Å². The first-order valence-corrected chi connectivity index (χ1v) is 7.93. The zero-order valence-electron chi connectivity index (χ0n) is 10.7. The number of thiazole rings is 1. The van der Waals surface area contributed by atoms with Gasteiger partial charge in [-0.3, -0.25) is 0 Å². The second kappa shape index (κ2) is 5.07. The van der Waals surface area contributed by atoms with Crippen LogP contribution < -0.4 is 5.32 Å². The Balaban J connectivity index is 1.78. The highest BCUT2D eigenvalue weighted by molar-refractivity contribution is 7.12. The normalized spacial score (nSPS) is 24.4. The molecule has 1 unspecified atom stereocenters. The maximum absolute atomic E-state index is 4.91. The molecule has 0 aromatic carbocycles. The third kappa shape index (κ3) is 2.27. The molecule has 1 fully saturated rings. The molecule has 2 aliphatic carbocycles. The van der Waals surface area contributed by atoms with Crippen molar-refractivity contribution in [3.63, 3.8) is 0 Å². The largest absolute Gasteiger partial charge is 0.309 e. The lowest BCUT2D eigenvalue weighted by Gasteiger charge is -2.23. The van der Waals surface area contributed by atoms with Gasteiger partial charge in [0.1, 0.15) is 0 Å². The van der Waals surface area contributed by atoms with Gasteiger partial charge in [-0.05, 0) is 45.1 Å². The summed E-state index contributed by atoms with van der Waals surface area (Å²) in [6.45, 7) is 3.38. The summed E-state index contributed by atoms with van der Waals surface area (Å²) < 4.78 is 0. The predicted molar refractivity (Wildman–Crippen MR) is 72.7 cm³/mol. The summed E-state index contributed by atoms with van der Waals surface area (Å²) >= 11 is 2.00. The van der Waals surface area contributed by atoms with Gasteiger partial charge in [-0.2, -0.15) is 0 Å². The zero-order valence-corrected chi connectivity index (χ0v) is 11.5. The minimum Gasteiger partial charge on any atom is -0.309 e. The van der Waals surface area contributed by atoms with Gasteiger partial charge in [-0.25, -0.2) is 4.98 Å². The number of aryl methyl sites for hydroxylation is 1. The van der Waals surface area contributed by atoms with Crippen LogP contribution in [0.15, 0.2) is 0 Å². The van der Waals surface area contributed by atoms with E-state index >= 15 is 0 Å². The molecule has 3 heteroatoms. The van der Waals surface area contributed by atoms with Crippen molar-refractivity contribution in [1.82, 2.24) is 10.3 Å². The van der Waals surface area contributed by atoms with Gasteiger partial charge in [0.2, 0.25) is 0 Å². The fourth-order valence-electron chi connectivity index (χ4n) is 2.78. The van der Waals surface area contributed by atoms with Crippen LogP contribution in [0.4, 0.5) is 0 Å². The summed E-state index contributed by atoms with van der Waals surface area (Å²) in [6, 6.07) is 0.602. The number of nitrogens with zero attached hydrogens (tertiary/aromatic N) is 1. The summed E-state index contributed by atoms with van der Waals surface area (Å²) in [4.78, 5) is 6.47. The smallest absolute Gasteiger partial charge is 0.0962 e. The molecule has 0 radical (unpaired) electrons. The van der Waals surface area contributed by atoms with E-state index in [1.807, 2.05) is 11.3 Å². The molecular formula is C14H22N2S. The molecule has 94 valence electrons. The summed E-state index contributed by atoms with van der Waals surface area (Å²) in [5, 5.41) is 5.12. The van der Waals surface area contributed by atoms with Gasteiger partial charge in [-0.15, -0.1) is 11.3 Å². The molecule has 17 heavy (non-hydrogen) atoms. The molecule has 2 nitrogen and oxygen atoms in total. The van der Waals surface area contributed by atoms with Gasteiger partial charge in [-0.1, -0.05) is 13.3 Å². The van der Waals surface area contributed by atoms with Crippen LogP contribution in [-0.2, 0) is 6.42 Å². The number of rotatable bonds is 4. The van der Waals surface area contributed by atoms with Crippen molar-refractivity contribution in [2.45, 2.75) is 63.8 Å². The van der Waals surface area contributed by atoms with Crippen LogP contribution >= 0.6 is 11.3 Å². The Morgan fingerprint density at radius 2 is 2.18 bits per heavy atom. The summed E-state index contributed by atoms with van der Waals surface area (Å²) in [7, 11) is 0. The first-order chi connectivity index (χ1) is 8.38. The van der Waals surface area contributed by atoms with Crippen molar-refractivity contribution in [2.24, 2.45) is 0 Å². The summed E-state index contributed by atoms with van der Waals surface area (Å²) in [5.74, 6) is 0.803. The van der Waals surface area contributed by atoms with Crippen LogP contribution in [0.2, 0.25) is 0 Å². The lowest BCUT2D eigenvalue weighted by molar-refractivity contribution is 0.417. The van der Waals surface area contributed by atoms with Crippen molar-refractivity contribution >= 4 is 11.3 Å². The van der Waals surface area contributed by atoms with Crippen molar-refractivity contribution in [2.75, 3.05) is 6.54 Å². The van der Waals surface area contributed by atoms with Crippen LogP contribution in [0, 0.1) is 0 Å². The van der Waals surface area contributed by atoms with Crippen molar-refractivity contribution < 1.29 is 0 Å². The molecule has 0 bridgehead atoms. The Hall–Kier alpha value is -0.410. The third-order valence-corrected chi connectivity index (χ3v) is 5.44. The molecule has 1 saturated carbocycles. The van der Waals surface area contributed by atoms with Crippen LogP contribution in [0.1, 0.15) is 73.0 Å². The first kappa shape index (κ1) is 11.7. The summed E-state index contributed by atoms with van der Waals surface area (Å²) in [6.07, 6.45) is 9.20. The fraction of sp³-hybridized carbons (Fsp3) is 0.786. The average molecular weight is 250 g/mol. The Kier molecular flexibility index (Phi) is 3.48. The molecule has 0 saturated heterocycles. The molecule has 1 N–H and O–H groups in total. The fourth-order valence-corrected chi connectivity index (χ4v) is 4.17. The highest BCUT2D eigenvalue weighted by Gasteiger charge is 2.28. The minimum atomic E-state index is 0.602. The van der Waals surface area contributed by atoms with E-state index in [1.54, 1.807) is 4.88 Å². The van der Waals surface area contributed by atoms with Gasteiger partial charge in [0, 0.05) is 16.8 Å². The maximum Gasteiger partial charge on any atom is 0.0962 e. The van der Waals surface area contributed by atoms with E-state index in [0.29, 0.717) is 6.04 Å². The second-order valence-electron chi connectivity index (χ2n) is 5.39. The topological polar surface area (TPSA) is 24.9 Å². The van der Waals surface area contributed by atoms with Gasteiger partial charge < -0.3 is 5.32 Å². The number of nitrogens with one attached hydrogen (secondary N) is 1. The number of hydrogen-bond acceptors (Lipinski definition) is 3. The van der Waals surface area contributed by atoms with E-state index in [4.69, 9.17) is 4.98 Å². The number of hydrogen-bond donors (Lipinski definition) is 1.